The molecule has 3 rings (SSSR count). The molecule has 2 aliphatic heterocycles. The smallest absolute Gasteiger partial charge is 0.357 e. The number of thiazole rings is 1. The van der Waals surface area contributed by atoms with Crippen LogP contribution >= 0.6 is 35.5 Å². The maximum atomic E-state index is 12.8. The summed E-state index contributed by atoms with van der Waals surface area (Å²) >= 11 is 2.50. The van der Waals surface area contributed by atoms with Gasteiger partial charge in [0.2, 0.25) is 6.79 Å². The number of hydrogen-bond acceptors (Lipinski definition) is 12. The summed E-state index contributed by atoms with van der Waals surface area (Å²) in [5, 5.41) is 7.60. The fourth-order valence-corrected chi connectivity index (χ4v) is 5.11. The third kappa shape index (κ3) is 6.28. The van der Waals surface area contributed by atoms with Crippen LogP contribution in [0.4, 0.5) is 5.13 Å². The van der Waals surface area contributed by atoms with Crippen molar-refractivity contribution in [3.8, 4) is 0 Å². The molecule has 15 heteroatoms. The lowest BCUT2D eigenvalue weighted by Crippen LogP contribution is -2.70. The summed E-state index contributed by atoms with van der Waals surface area (Å²) in [5.41, 5.74) is 5.75. The number of thioether (sulfide) groups is 1. The number of nitrogen functional groups attached to an aromatic ring is 1. The molecule has 0 aromatic carbocycles. The van der Waals surface area contributed by atoms with Gasteiger partial charge < -0.3 is 25.4 Å². The average Bonchev–Trinajstić information content (AvgIpc) is 3.29. The van der Waals surface area contributed by atoms with Gasteiger partial charge in [0.25, 0.3) is 11.8 Å². The third-order valence-electron chi connectivity index (χ3n) is 5.76. The summed E-state index contributed by atoms with van der Waals surface area (Å²) in [4.78, 5) is 60.2. The van der Waals surface area contributed by atoms with Crippen LogP contribution in [0.25, 0.3) is 0 Å². The number of oxime groups is 1. The Bertz CT molecular complexity index is 1060. The quantitative estimate of drug-likeness (QED) is 0.141. The van der Waals surface area contributed by atoms with Crippen molar-refractivity contribution in [1.82, 2.24) is 15.2 Å². The van der Waals surface area contributed by atoms with E-state index in [9.17, 15) is 19.2 Å². The first-order chi connectivity index (χ1) is 16.7. The Morgan fingerprint density at radius 2 is 2.06 bits per heavy atom. The SMILES string of the molecule is CCC(C)C(C)C(=O)OCOC(=O)C1=CCS[C@H]2C(NC(=O)C(=NOC)c3csc(N)n3)C(=O)N12.Cl. The number of nitrogens with two attached hydrogens (primary N) is 1. The second kappa shape index (κ2) is 12.9. The van der Waals surface area contributed by atoms with Crippen molar-refractivity contribution in [1.29, 1.82) is 0 Å². The molecule has 2 aliphatic rings. The summed E-state index contributed by atoms with van der Waals surface area (Å²) in [7, 11) is 1.28. The van der Waals surface area contributed by atoms with Crippen molar-refractivity contribution >= 4 is 70.1 Å². The molecule has 4 atom stereocenters. The molecular weight excluding hydrogens is 534 g/mol. The summed E-state index contributed by atoms with van der Waals surface area (Å²) in [6.45, 7) is 5.11. The number of nitrogens with zero attached hydrogens (tertiary/aromatic N) is 3. The maximum absolute atomic E-state index is 12.8. The van der Waals surface area contributed by atoms with Gasteiger partial charge in [-0.1, -0.05) is 32.3 Å². The Labute approximate surface area is 222 Å². The van der Waals surface area contributed by atoms with Gasteiger partial charge in [-0.15, -0.1) is 35.5 Å². The topological polar surface area (TPSA) is 163 Å². The van der Waals surface area contributed by atoms with E-state index in [1.807, 2.05) is 13.8 Å². The van der Waals surface area contributed by atoms with Gasteiger partial charge in [0.1, 0.15) is 29.9 Å². The zero-order valence-electron chi connectivity index (χ0n) is 20.1. The van der Waals surface area contributed by atoms with Crippen molar-refractivity contribution in [2.75, 3.05) is 25.4 Å². The van der Waals surface area contributed by atoms with Crippen LogP contribution in [-0.2, 0) is 33.5 Å². The fourth-order valence-electron chi connectivity index (χ4n) is 3.36. The lowest BCUT2D eigenvalue weighted by molar-refractivity contribution is -0.171. The molecule has 3 unspecified atom stereocenters. The first-order valence-corrected chi connectivity index (χ1v) is 12.7. The largest absolute Gasteiger partial charge is 0.428 e. The van der Waals surface area contributed by atoms with Gasteiger partial charge in [-0.3, -0.25) is 19.3 Å². The number of fused-ring (bicyclic) bond motifs is 1. The molecule has 0 aliphatic carbocycles. The number of aromatic nitrogens is 1. The highest BCUT2D eigenvalue weighted by molar-refractivity contribution is 8.00. The molecule has 12 nitrogen and oxygen atoms in total. The Morgan fingerprint density at radius 1 is 1.33 bits per heavy atom. The molecule has 2 amide bonds. The van der Waals surface area contributed by atoms with Crippen molar-refractivity contribution in [2.24, 2.45) is 17.0 Å². The number of anilines is 1. The molecule has 0 bridgehead atoms. The van der Waals surface area contributed by atoms with Crippen LogP contribution in [0.5, 0.6) is 0 Å². The van der Waals surface area contributed by atoms with E-state index in [2.05, 4.69) is 15.5 Å². The van der Waals surface area contributed by atoms with E-state index < -0.39 is 42.0 Å². The molecular formula is C21H28ClN5O7S2. The minimum absolute atomic E-state index is 0. The Kier molecular flexibility index (Phi) is 10.5. The molecule has 0 spiro atoms. The minimum Gasteiger partial charge on any atom is -0.428 e. The van der Waals surface area contributed by atoms with Gasteiger partial charge in [-0.05, 0) is 12.0 Å². The Balaban J connectivity index is 0.00000456. The number of halogens is 1. The molecule has 1 saturated heterocycles. The number of esters is 2. The van der Waals surface area contributed by atoms with Crippen molar-refractivity contribution < 1.29 is 33.5 Å². The van der Waals surface area contributed by atoms with Gasteiger partial charge in [-0.2, -0.15) is 0 Å². The molecule has 1 fully saturated rings. The van der Waals surface area contributed by atoms with Gasteiger partial charge >= 0.3 is 11.9 Å². The van der Waals surface area contributed by atoms with Gasteiger partial charge in [-0.25, -0.2) is 9.78 Å². The number of ether oxygens (including phenoxy) is 2. The number of hydrogen-bond donors (Lipinski definition) is 2. The number of β-lactam (4-membered cyclic amide) rings is 1. The summed E-state index contributed by atoms with van der Waals surface area (Å²) < 4.78 is 10.1. The predicted molar refractivity (Wildman–Crippen MR) is 136 cm³/mol. The molecule has 3 heterocycles. The van der Waals surface area contributed by atoms with Crippen LogP contribution in [0.1, 0.15) is 32.9 Å². The molecule has 36 heavy (non-hydrogen) atoms. The molecule has 3 N–H and O–H groups in total. The van der Waals surface area contributed by atoms with E-state index in [1.54, 1.807) is 18.4 Å². The van der Waals surface area contributed by atoms with Crippen LogP contribution in [-0.4, -0.2) is 70.4 Å². The van der Waals surface area contributed by atoms with Crippen molar-refractivity contribution in [3.05, 3.63) is 22.8 Å². The standard InChI is InChI=1S/C21H27N5O7S2.ClH/c1-5-10(2)11(3)19(29)32-9-33-20(30)13-6-7-34-18-15(17(28)26(13)18)24-16(27)14(25-31-4)12-8-35-21(22)23-12;/h6,8,10-11,15,18H,5,7,9H2,1-4H3,(H2,22,23)(H,24,27);1H/t10?,11?,15?,18-;/m0./s1. The van der Waals surface area contributed by atoms with E-state index in [4.69, 9.17) is 20.0 Å². The first kappa shape index (κ1) is 29.4. The van der Waals surface area contributed by atoms with E-state index in [0.29, 0.717) is 5.75 Å². The monoisotopic (exact) mass is 561 g/mol. The zero-order valence-corrected chi connectivity index (χ0v) is 22.5. The molecule has 0 radical (unpaired) electrons. The number of nitrogens with one attached hydrogen (secondary N) is 1. The zero-order chi connectivity index (χ0) is 25.7. The van der Waals surface area contributed by atoms with Gasteiger partial charge in [0.15, 0.2) is 10.8 Å². The summed E-state index contributed by atoms with van der Waals surface area (Å²) in [5.74, 6) is -2.20. The normalized spacial score (nSPS) is 20.6. The molecule has 198 valence electrons. The predicted octanol–water partition coefficient (Wildman–Crippen LogP) is 1.51. The van der Waals surface area contributed by atoms with Crippen LogP contribution in [0.2, 0.25) is 0 Å². The lowest BCUT2D eigenvalue weighted by atomic mass is 9.94. The highest BCUT2D eigenvalue weighted by atomic mass is 35.5. The highest BCUT2D eigenvalue weighted by Gasteiger charge is 2.53. The highest BCUT2D eigenvalue weighted by Crippen LogP contribution is 2.37. The van der Waals surface area contributed by atoms with E-state index in [-0.39, 0.29) is 46.5 Å². The average molecular weight is 562 g/mol. The lowest BCUT2D eigenvalue weighted by Gasteiger charge is -2.48. The van der Waals surface area contributed by atoms with E-state index in [1.165, 1.54) is 23.8 Å². The number of rotatable bonds is 10. The maximum Gasteiger partial charge on any atom is 0.357 e. The molecule has 1 aromatic heterocycles. The Hall–Kier alpha value is -2.84. The van der Waals surface area contributed by atoms with Crippen molar-refractivity contribution in [2.45, 2.75) is 38.6 Å². The van der Waals surface area contributed by atoms with Crippen LogP contribution in [0.15, 0.2) is 22.3 Å². The minimum atomic E-state index is -0.892. The van der Waals surface area contributed by atoms with Gasteiger partial charge in [0.05, 0.1) is 5.92 Å². The van der Waals surface area contributed by atoms with Crippen LogP contribution in [0.3, 0.4) is 0 Å². The van der Waals surface area contributed by atoms with Gasteiger partial charge in [0, 0.05) is 11.1 Å². The van der Waals surface area contributed by atoms with E-state index >= 15 is 0 Å². The van der Waals surface area contributed by atoms with Crippen molar-refractivity contribution in [3.63, 3.8) is 0 Å². The second-order valence-corrected chi connectivity index (χ2v) is 9.89. The van der Waals surface area contributed by atoms with Crippen LogP contribution in [0, 0.1) is 11.8 Å². The number of carbonyl (C=O) groups excluding carboxylic acids is 4. The van der Waals surface area contributed by atoms with E-state index in [0.717, 1.165) is 17.8 Å². The third-order valence-corrected chi connectivity index (χ3v) is 7.62. The number of carbonyl (C=O) groups is 4. The first-order valence-electron chi connectivity index (χ1n) is 10.8. The fraction of sp³-hybridized carbons (Fsp3) is 0.524. The molecule has 0 saturated carbocycles. The molecule has 1 aromatic rings. The summed E-state index contributed by atoms with van der Waals surface area (Å²) in [6.07, 6.45) is 2.37. The number of amides is 2. The summed E-state index contributed by atoms with van der Waals surface area (Å²) in [6, 6.07) is -0.892. The Morgan fingerprint density at radius 3 is 2.67 bits per heavy atom. The van der Waals surface area contributed by atoms with Crippen LogP contribution < -0.4 is 11.1 Å². The second-order valence-electron chi connectivity index (χ2n) is 7.85.